The van der Waals surface area contributed by atoms with Crippen LogP contribution >= 0.6 is 0 Å². The first-order valence-electron chi connectivity index (χ1n) is 23.6. The molecule has 0 radical (unpaired) electrons. The van der Waals surface area contributed by atoms with Gasteiger partial charge in [-0.1, -0.05) is 150 Å². The predicted molar refractivity (Wildman–Crippen MR) is 260 cm³/mol. The standard InChI is InChI=1S/C54H71N4O5.Mg/c1-12-38-34(7)41-28-43-36(9)40(24-25-47(59)63-27-26-33(6)23-19-22-32(5)21-18-16-14-15-17-20-31(3)4)51(57-43)49-50(54(61)62-11)53(60)48-37(10)44(58-52(48)49)30-46-39(13-2)35(8)42(56-46)29-45(38)55-41;/h12,26,28-32,36,40,50H,1,13-25,27H2,2-11H3,(H-,57,58,60);/q-3;+2/p-1/b33-26+,42-29-,43-28-,46-30-;/t32-,36+,40+,50-;/m1./s1. The molecule has 0 spiro atoms. The van der Waals surface area contributed by atoms with Crippen LogP contribution in [0.4, 0.5) is 0 Å². The first-order valence-corrected chi connectivity index (χ1v) is 23.6. The van der Waals surface area contributed by atoms with Crippen molar-refractivity contribution >= 4 is 70.7 Å². The normalized spacial score (nSPS) is 21.3. The third-order valence-corrected chi connectivity index (χ3v) is 13.8. The fraction of sp³-hybridized carbons (Fsp3) is 0.537. The van der Waals surface area contributed by atoms with Crippen molar-refractivity contribution in [3.8, 4) is 0 Å². The molecule has 0 unspecified atom stereocenters. The molecule has 0 aromatic carbocycles. The molecule has 10 heteroatoms. The van der Waals surface area contributed by atoms with Crippen LogP contribution in [-0.4, -0.2) is 54.5 Å². The SMILES string of the molecule is C=Cc1c2[n-]c(c1C)/C=C1\[N-]/C(=C3\c4[n-]c(c(C)c4C(=O)[C@@H]3C(=O)OC)/C=c3\[n-]/c(c(C)c3CC)=C\2)[C@@H](CCC(=O)OC/C=C(\C)CCC[C@H](C)CCCCCCCC(C)C)[C@@H]1C.[Mg+2]. The van der Waals surface area contributed by atoms with E-state index in [0.29, 0.717) is 40.2 Å². The van der Waals surface area contributed by atoms with Crippen LogP contribution in [-0.2, 0) is 25.5 Å². The minimum absolute atomic E-state index is 0. The van der Waals surface area contributed by atoms with E-state index in [9.17, 15) is 14.4 Å². The minimum atomic E-state index is -1.22. The monoisotopic (exact) mass is 879 g/mol. The predicted octanol–water partition coefficient (Wildman–Crippen LogP) is 10.1. The van der Waals surface area contributed by atoms with Crippen molar-refractivity contribution in [1.82, 2.24) is 15.0 Å². The number of esters is 2. The summed E-state index contributed by atoms with van der Waals surface area (Å²) in [5.74, 6) is -1.50. The van der Waals surface area contributed by atoms with Crippen LogP contribution in [0.3, 0.4) is 0 Å². The quantitative estimate of drug-likeness (QED) is 0.0361. The van der Waals surface area contributed by atoms with Crippen molar-refractivity contribution in [2.24, 2.45) is 29.6 Å². The molecule has 0 saturated carbocycles. The van der Waals surface area contributed by atoms with Gasteiger partial charge in [0.1, 0.15) is 12.5 Å². The molecule has 8 bridgehead atoms. The van der Waals surface area contributed by atoms with Crippen molar-refractivity contribution in [3.63, 3.8) is 0 Å². The Kier molecular flexibility index (Phi) is 18.0. The van der Waals surface area contributed by atoms with Gasteiger partial charge in [-0.05, 0) is 88.7 Å². The van der Waals surface area contributed by atoms with Crippen LogP contribution in [0.5, 0.6) is 0 Å². The maximum Gasteiger partial charge on any atom is 2.00 e. The summed E-state index contributed by atoms with van der Waals surface area (Å²) in [7, 11) is 1.30. The Morgan fingerprint density at radius 3 is 2.20 bits per heavy atom. The van der Waals surface area contributed by atoms with Gasteiger partial charge in [0.25, 0.3) is 0 Å². The molecule has 6 rings (SSSR count). The zero-order valence-corrected chi connectivity index (χ0v) is 41.8. The molecule has 0 N–H and O–H groups in total. The zero-order valence-electron chi connectivity index (χ0n) is 40.4. The second kappa shape index (κ2) is 22.8. The maximum atomic E-state index is 14.4. The number of methoxy groups -OCH3 is 1. The molecular formula is C54H70MgN4O5-2. The first-order chi connectivity index (χ1) is 30.2. The summed E-state index contributed by atoms with van der Waals surface area (Å²) in [5, 5.41) is 6.83. The van der Waals surface area contributed by atoms with Gasteiger partial charge in [0.05, 0.1) is 7.11 Å². The molecule has 1 aliphatic carbocycles. The van der Waals surface area contributed by atoms with E-state index in [2.05, 4.69) is 55.0 Å². The number of hydrogen-bond acceptors (Lipinski definition) is 5. The van der Waals surface area contributed by atoms with Crippen LogP contribution in [0.25, 0.3) is 35.2 Å². The number of carbonyl (C=O) groups is 3. The van der Waals surface area contributed by atoms with Gasteiger partial charge in [-0.25, -0.2) is 0 Å². The molecule has 1 saturated heterocycles. The van der Waals surface area contributed by atoms with Crippen LogP contribution in [0.1, 0.15) is 180 Å². The van der Waals surface area contributed by atoms with Crippen molar-refractivity contribution < 1.29 is 23.9 Å². The van der Waals surface area contributed by atoms with Gasteiger partial charge in [0.15, 0.2) is 5.78 Å². The van der Waals surface area contributed by atoms with E-state index < -0.39 is 11.9 Å². The summed E-state index contributed by atoms with van der Waals surface area (Å²) in [4.78, 5) is 56.6. The topological polar surface area (TPSA) is 126 Å². The number of carbonyl (C=O) groups excluding carboxylic acids is 3. The number of allylic oxidation sites excluding steroid dienone is 3. The van der Waals surface area contributed by atoms with Crippen LogP contribution < -0.4 is 25.7 Å². The van der Waals surface area contributed by atoms with Gasteiger partial charge in [0.2, 0.25) is 0 Å². The summed E-state index contributed by atoms with van der Waals surface area (Å²) in [6.45, 7) is 23.6. The van der Waals surface area contributed by atoms with Crippen molar-refractivity contribution in [2.45, 2.75) is 146 Å². The van der Waals surface area contributed by atoms with E-state index in [1.807, 2.05) is 44.2 Å². The Bertz CT molecular complexity index is 2420. The largest absolute Gasteiger partial charge is 2.00 e. The van der Waals surface area contributed by atoms with E-state index >= 15 is 0 Å². The average Bonchev–Trinajstić information content (AvgIpc) is 3.99. The zero-order chi connectivity index (χ0) is 45.5. The number of aromatic nitrogens is 3. The number of hydrogen-bond donors (Lipinski definition) is 0. The smallest absolute Gasteiger partial charge is 0.664 e. The molecule has 4 atom stereocenters. The summed E-state index contributed by atoms with van der Waals surface area (Å²) >= 11 is 0. The number of rotatable bonds is 20. The Balaban J connectivity index is 0.00000771. The van der Waals surface area contributed by atoms with E-state index in [1.165, 1.54) is 64.0 Å². The molecule has 3 aliphatic rings. The molecule has 1 fully saturated rings. The van der Waals surface area contributed by atoms with Gasteiger partial charge in [0, 0.05) is 12.0 Å². The van der Waals surface area contributed by atoms with Crippen LogP contribution in [0.2, 0.25) is 0 Å². The molecule has 2 aliphatic heterocycles. The maximum absolute atomic E-state index is 14.4. The second-order valence-corrected chi connectivity index (χ2v) is 18.8. The molecule has 64 heavy (non-hydrogen) atoms. The van der Waals surface area contributed by atoms with Gasteiger partial charge in [-0.2, -0.15) is 11.4 Å². The molecule has 5 heterocycles. The van der Waals surface area contributed by atoms with Gasteiger partial charge in [-0.15, -0.1) is 33.5 Å². The van der Waals surface area contributed by atoms with Gasteiger partial charge >= 0.3 is 35.0 Å². The van der Waals surface area contributed by atoms with E-state index in [1.54, 1.807) is 0 Å². The van der Waals surface area contributed by atoms with E-state index in [4.69, 9.17) is 29.7 Å². The number of fused-ring (bicyclic) bond motifs is 7. The number of Topliss-reactive ketones (excluding diaryl/α,β-unsaturated/α-hetero) is 1. The Morgan fingerprint density at radius 1 is 0.844 bits per heavy atom. The number of nitrogens with zero attached hydrogens (tertiary/aromatic N) is 4. The molecule has 9 nitrogen and oxygen atoms in total. The first kappa shape index (κ1) is 50.7. The van der Waals surface area contributed by atoms with E-state index in [-0.39, 0.29) is 59.7 Å². The average molecular weight is 879 g/mol. The third-order valence-electron chi connectivity index (χ3n) is 13.8. The van der Waals surface area contributed by atoms with Crippen molar-refractivity contribution in [2.75, 3.05) is 13.7 Å². The summed E-state index contributed by atoms with van der Waals surface area (Å²) in [5.41, 5.74) is 10.7. The van der Waals surface area contributed by atoms with E-state index in [0.717, 1.165) is 81.1 Å². The fourth-order valence-electron chi connectivity index (χ4n) is 9.82. The Hall–Kier alpha value is -4.28. The van der Waals surface area contributed by atoms with Gasteiger partial charge in [-0.3, -0.25) is 14.4 Å². The number of ether oxygens (including phenoxy) is 2. The molecular weight excluding hydrogens is 809 g/mol. The van der Waals surface area contributed by atoms with Crippen molar-refractivity contribution in [1.29, 1.82) is 0 Å². The second-order valence-electron chi connectivity index (χ2n) is 18.8. The fourth-order valence-corrected chi connectivity index (χ4v) is 9.82. The van der Waals surface area contributed by atoms with Crippen LogP contribution in [0, 0.1) is 50.4 Å². The summed E-state index contributed by atoms with van der Waals surface area (Å²) < 4.78 is 11.0. The molecule has 3 aromatic heterocycles. The van der Waals surface area contributed by atoms with Gasteiger partial charge < -0.3 is 29.7 Å². The Labute approximate surface area is 398 Å². The molecule has 0 amide bonds. The minimum Gasteiger partial charge on any atom is -0.664 e. The van der Waals surface area contributed by atoms with Crippen LogP contribution in [0.15, 0.2) is 29.6 Å². The summed E-state index contributed by atoms with van der Waals surface area (Å²) in [6.07, 6.45) is 23.8. The Morgan fingerprint density at radius 2 is 1.52 bits per heavy atom. The third kappa shape index (κ3) is 11.2. The number of unbranched alkanes of at least 4 members (excludes halogenated alkanes) is 4. The molecule has 340 valence electrons. The van der Waals surface area contributed by atoms with Crippen molar-refractivity contribution in [3.05, 3.63) is 102 Å². The molecule has 3 aromatic rings. The number of ketones is 1. The summed E-state index contributed by atoms with van der Waals surface area (Å²) in [6, 6.07) is 0.